The van der Waals surface area contributed by atoms with E-state index in [4.69, 9.17) is 16.3 Å². The molecule has 0 spiro atoms. The molecule has 98 valence electrons. The molecule has 0 fully saturated rings. The van der Waals surface area contributed by atoms with Crippen LogP contribution in [0.15, 0.2) is 46.9 Å². The van der Waals surface area contributed by atoms with E-state index in [1.807, 2.05) is 0 Å². The predicted octanol–water partition coefficient (Wildman–Crippen LogP) is 2.66. The van der Waals surface area contributed by atoms with Crippen LogP contribution in [0.1, 0.15) is 12.5 Å². The number of rotatable bonds is 4. The minimum atomic E-state index is -0.661. The Bertz CT molecular complexity index is 561. The van der Waals surface area contributed by atoms with Crippen molar-refractivity contribution in [1.82, 2.24) is 0 Å². The molecule has 19 heavy (non-hydrogen) atoms. The third kappa shape index (κ3) is 3.09. The van der Waals surface area contributed by atoms with Crippen molar-refractivity contribution in [2.45, 2.75) is 13.0 Å². The molecule has 0 saturated heterocycles. The number of carbonyl (C=O) groups is 1. The first-order valence-corrected chi connectivity index (χ1v) is 6.17. The Labute approximate surface area is 116 Å². The minimum absolute atomic E-state index is 0.305. The lowest BCUT2D eigenvalue weighted by Crippen LogP contribution is -2.23. The van der Waals surface area contributed by atoms with E-state index in [0.717, 1.165) is 5.56 Å². The van der Waals surface area contributed by atoms with Crippen LogP contribution in [0.3, 0.4) is 0 Å². The van der Waals surface area contributed by atoms with E-state index in [2.05, 4.69) is 16.6 Å². The molecule has 0 aromatic heterocycles. The molecule has 1 unspecified atom stereocenters. The fraction of sp³-hybridized carbons (Fsp3) is 0.214. The SMILES string of the molecule is C=CCN=C(C)C1N=C(c2ccc(Cl)cc2)OC1=O. The van der Waals surface area contributed by atoms with Crippen LogP contribution in [-0.4, -0.2) is 30.2 Å². The molecule has 1 heterocycles. The first-order chi connectivity index (χ1) is 9.11. The molecular weight excluding hydrogens is 264 g/mol. The molecule has 0 amide bonds. The standard InChI is InChI=1S/C14H13ClN2O2/c1-3-8-16-9(2)12-14(18)19-13(17-12)10-4-6-11(15)7-5-10/h3-7,12H,1,8H2,2H3. The molecule has 1 aromatic carbocycles. The van der Waals surface area contributed by atoms with Crippen molar-refractivity contribution in [1.29, 1.82) is 0 Å². The van der Waals surface area contributed by atoms with Gasteiger partial charge < -0.3 is 4.74 Å². The molecule has 1 aliphatic rings. The summed E-state index contributed by atoms with van der Waals surface area (Å²) < 4.78 is 5.16. The molecule has 0 bridgehead atoms. The van der Waals surface area contributed by atoms with Crippen molar-refractivity contribution < 1.29 is 9.53 Å². The van der Waals surface area contributed by atoms with Crippen LogP contribution in [0.25, 0.3) is 0 Å². The number of esters is 1. The summed E-state index contributed by atoms with van der Waals surface area (Å²) in [6, 6.07) is 6.30. The Kier molecular flexibility index (Phi) is 4.12. The fourth-order valence-corrected chi connectivity index (χ4v) is 1.76. The molecule has 1 aliphatic heterocycles. The maximum Gasteiger partial charge on any atom is 0.343 e. The van der Waals surface area contributed by atoms with Gasteiger partial charge >= 0.3 is 5.97 Å². The van der Waals surface area contributed by atoms with Gasteiger partial charge in [0.05, 0.1) is 6.54 Å². The number of carbonyl (C=O) groups excluding carboxylic acids is 1. The summed E-state index contributed by atoms with van der Waals surface area (Å²) in [4.78, 5) is 20.2. The zero-order valence-corrected chi connectivity index (χ0v) is 11.2. The van der Waals surface area contributed by atoms with E-state index in [1.54, 1.807) is 37.3 Å². The lowest BCUT2D eigenvalue weighted by atomic mass is 10.2. The Hall–Kier alpha value is -1.94. The number of cyclic esters (lactones) is 1. The summed E-state index contributed by atoms with van der Waals surface area (Å²) in [7, 11) is 0. The zero-order valence-electron chi connectivity index (χ0n) is 10.5. The molecule has 4 nitrogen and oxygen atoms in total. The van der Waals surface area contributed by atoms with Gasteiger partial charge in [0, 0.05) is 16.3 Å². The van der Waals surface area contributed by atoms with Crippen LogP contribution in [-0.2, 0) is 9.53 Å². The summed E-state index contributed by atoms with van der Waals surface area (Å²) in [5.74, 6) is -0.102. The van der Waals surface area contributed by atoms with Crippen molar-refractivity contribution in [2.24, 2.45) is 9.98 Å². The van der Waals surface area contributed by atoms with E-state index in [0.29, 0.717) is 23.2 Å². The highest BCUT2D eigenvalue weighted by Crippen LogP contribution is 2.17. The van der Waals surface area contributed by atoms with Crippen molar-refractivity contribution >= 4 is 29.2 Å². The lowest BCUT2D eigenvalue weighted by molar-refractivity contribution is -0.133. The third-order valence-corrected chi connectivity index (χ3v) is 2.88. The normalized spacial score (nSPS) is 19.1. The molecule has 2 rings (SSSR count). The maximum atomic E-state index is 11.8. The van der Waals surface area contributed by atoms with Crippen LogP contribution in [0.5, 0.6) is 0 Å². The van der Waals surface area contributed by atoms with Gasteiger partial charge in [-0.15, -0.1) is 6.58 Å². The second-order valence-electron chi connectivity index (χ2n) is 4.04. The average molecular weight is 277 g/mol. The predicted molar refractivity (Wildman–Crippen MR) is 76.0 cm³/mol. The number of ether oxygens (including phenoxy) is 1. The average Bonchev–Trinajstić information content (AvgIpc) is 2.79. The van der Waals surface area contributed by atoms with Crippen LogP contribution in [0.4, 0.5) is 0 Å². The van der Waals surface area contributed by atoms with Gasteiger partial charge in [0.25, 0.3) is 0 Å². The third-order valence-electron chi connectivity index (χ3n) is 2.62. The number of aliphatic imine (C=N–C) groups is 2. The molecule has 1 aromatic rings. The van der Waals surface area contributed by atoms with Crippen LogP contribution < -0.4 is 0 Å². The van der Waals surface area contributed by atoms with Crippen molar-refractivity contribution in [3.8, 4) is 0 Å². The smallest absolute Gasteiger partial charge is 0.343 e. The molecule has 5 heteroatoms. The van der Waals surface area contributed by atoms with E-state index in [1.165, 1.54) is 0 Å². The highest BCUT2D eigenvalue weighted by Gasteiger charge is 2.31. The molecule has 0 N–H and O–H groups in total. The minimum Gasteiger partial charge on any atom is -0.405 e. The Morgan fingerprint density at radius 1 is 1.53 bits per heavy atom. The zero-order chi connectivity index (χ0) is 13.8. The highest BCUT2D eigenvalue weighted by atomic mass is 35.5. The van der Waals surface area contributed by atoms with Crippen LogP contribution in [0.2, 0.25) is 5.02 Å². The molecule has 0 aliphatic carbocycles. The van der Waals surface area contributed by atoms with Gasteiger partial charge in [-0.05, 0) is 31.2 Å². The Morgan fingerprint density at radius 3 is 2.84 bits per heavy atom. The van der Waals surface area contributed by atoms with Crippen LogP contribution >= 0.6 is 11.6 Å². The van der Waals surface area contributed by atoms with E-state index < -0.39 is 12.0 Å². The van der Waals surface area contributed by atoms with E-state index in [9.17, 15) is 4.79 Å². The number of hydrogen-bond donors (Lipinski definition) is 0. The van der Waals surface area contributed by atoms with Gasteiger partial charge in [-0.2, -0.15) is 0 Å². The van der Waals surface area contributed by atoms with Gasteiger partial charge in [0.1, 0.15) is 0 Å². The maximum absolute atomic E-state index is 11.8. The second-order valence-corrected chi connectivity index (χ2v) is 4.47. The van der Waals surface area contributed by atoms with Gasteiger partial charge in [-0.1, -0.05) is 17.7 Å². The molecule has 1 atom stereocenters. The monoisotopic (exact) mass is 276 g/mol. The quantitative estimate of drug-likeness (QED) is 0.482. The van der Waals surface area contributed by atoms with Crippen molar-refractivity contribution in [3.05, 3.63) is 47.5 Å². The van der Waals surface area contributed by atoms with Gasteiger partial charge in [0.2, 0.25) is 5.90 Å². The van der Waals surface area contributed by atoms with Crippen molar-refractivity contribution in [3.63, 3.8) is 0 Å². The number of hydrogen-bond acceptors (Lipinski definition) is 4. The highest BCUT2D eigenvalue weighted by molar-refractivity contribution is 6.30. The lowest BCUT2D eigenvalue weighted by Gasteiger charge is -2.01. The largest absolute Gasteiger partial charge is 0.405 e. The Balaban J connectivity index is 2.23. The summed E-state index contributed by atoms with van der Waals surface area (Å²) in [6.45, 7) is 5.79. The van der Waals surface area contributed by atoms with Crippen LogP contribution in [0, 0.1) is 0 Å². The summed E-state index contributed by atoms with van der Waals surface area (Å²) >= 11 is 5.81. The molecular formula is C14H13ClN2O2. The van der Waals surface area contributed by atoms with E-state index in [-0.39, 0.29) is 0 Å². The molecule has 0 saturated carbocycles. The second kappa shape index (κ2) is 5.80. The van der Waals surface area contributed by atoms with Crippen molar-refractivity contribution in [2.75, 3.05) is 6.54 Å². The van der Waals surface area contributed by atoms with Gasteiger partial charge in [0.15, 0.2) is 6.04 Å². The first-order valence-electron chi connectivity index (χ1n) is 5.79. The number of nitrogens with zero attached hydrogens (tertiary/aromatic N) is 2. The van der Waals surface area contributed by atoms with E-state index >= 15 is 0 Å². The first kappa shape index (κ1) is 13.5. The fourth-order valence-electron chi connectivity index (χ4n) is 1.63. The number of halogens is 1. The summed E-state index contributed by atoms with van der Waals surface area (Å²) in [5.41, 5.74) is 1.34. The van der Waals surface area contributed by atoms with Gasteiger partial charge in [-0.3, -0.25) is 4.99 Å². The van der Waals surface area contributed by atoms with Gasteiger partial charge in [-0.25, -0.2) is 9.79 Å². The number of benzene rings is 1. The topological polar surface area (TPSA) is 51.0 Å². The summed E-state index contributed by atoms with van der Waals surface area (Å²) in [6.07, 6.45) is 1.66. The Morgan fingerprint density at radius 2 is 2.21 bits per heavy atom. The summed E-state index contributed by atoms with van der Waals surface area (Å²) in [5, 5.41) is 0.619. The molecule has 0 radical (unpaired) electrons.